The van der Waals surface area contributed by atoms with Crippen LogP contribution in [0.3, 0.4) is 0 Å². The van der Waals surface area contributed by atoms with Gasteiger partial charge in [-0.3, -0.25) is 33.3 Å². The number of hydrogen-bond acceptors (Lipinski definition) is 10. The van der Waals surface area contributed by atoms with E-state index in [0.29, 0.717) is 22.6 Å². The molecule has 1 aromatic carbocycles. The summed E-state index contributed by atoms with van der Waals surface area (Å²) in [6.07, 6.45) is 5.23. The Balaban J connectivity index is 1.49. The molecule has 0 spiro atoms. The van der Waals surface area contributed by atoms with Gasteiger partial charge in [0.2, 0.25) is 11.7 Å². The lowest BCUT2D eigenvalue weighted by atomic mass is 9.52. The van der Waals surface area contributed by atoms with Crippen molar-refractivity contribution in [1.29, 1.82) is 0 Å². The molecule has 12 heteroatoms. The van der Waals surface area contributed by atoms with Gasteiger partial charge >= 0.3 is 0 Å². The molecule has 0 radical (unpaired) electrons. The Morgan fingerprint density at radius 3 is 2.59 bits per heavy atom. The molecule has 2 heterocycles. The molecule has 2 aromatic heterocycles. The van der Waals surface area contributed by atoms with Crippen molar-refractivity contribution < 1.29 is 34.2 Å². The molecule has 0 bridgehead atoms. The molecule has 12 nitrogen and oxygen atoms in total. The second-order valence-corrected chi connectivity index (χ2v) is 10.7. The molecule has 3 aliphatic rings. The summed E-state index contributed by atoms with van der Waals surface area (Å²) in [7, 11) is 3.09. The van der Waals surface area contributed by atoms with Crippen LogP contribution in [-0.4, -0.2) is 84.3 Å². The van der Waals surface area contributed by atoms with Crippen LogP contribution in [-0.2, 0) is 25.6 Å². The third kappa shape index (κ3) is 3.28. The minimum Gasteiger partial charge on any atom is -0.507 e. The highest BCUT2D eigenvalue weighted by molar-refractivity contribution is 6.32. The fourth-order valence-corrected chi connectivity index (χ4v) is 6.80. The van der Waals surface area contributed by atoms with Crippen molar-refractivity contribution in [3.8, 4) is 17.0 Å². The number of rotatable bonds is 3. The van der Waals surface area contributed by atoms with E-state index in [0.717, 1.165) is 0 Å². The van der Waals surface area contributed by atoms with Gasteiger partial charge in [-0.1, -0.05) is 0 Å². The van der Waals surface area contributed by atoms with E-state index in [1.54, 1.807) is 49.2 Å². The largest absolute Gasteiger partial charge is 0.507 e. The number of aliphatic hydroxyl groups is 1. The lowest BCUT2D eigenvalue weighted by Crippen LogP contribution is -2.74. The van der Waals surface area contributed by atoms with Crippen molar-refractivity contribution in [1.82, 2.24) is 19.3 Å². The van der Waals surface area contributed by atoms with E-state index in [1.807, 2.05) is 0 Å². The number of phenols is 1. The average molecular weight is 532 g/mol. The number of carbonyl (C=O) groups excluding carboxylic acids is 5. The highest BCUT2D eigenvalue weighted by Gasteiger charge is 2.69. The van der Waals surface area contributed by atoms with Crippen LogP contribution in [0.15, 0.2) is 36.8 Å². The van der Waals surface area contributed by atoms with E-state index in [-0.39, 0.29) is 24.2 Å². The maximum Gasteiger partial charge on any atom is 0.235 e. The lowest BCUT2D eigenvalue weighted by molar-refractivity contribution is -0.181. The normalized spacial score (nSPS) is 30.3. The summed E-state index contributed by atoms with van der Waals surface area (Å²) < 4.78 is 1.71. The number of benzene rings is 1. The smallest absolute Gasteiger partial charge is 0.235 e. The SMILES string of the molecule is CN(C)[C@@H]1C(=O)C(C(N)=O)C(=O)[C@@]2(O)C(=O)C3C(=O)c4c(O)ccc(-c5cn6cccnc6n5)c4C[C@H]3C[C@@H]12. The van der Waals surface area contributed by atoms with Gasteiger partial charge in [-0.15, -0.1) is 0 Å². The van der Waals surface area contributed by atoms with Crippen LogP contribution < -0.4 is 5.73 Å². The molecular weight excluding hydrogens is 506 g/mol. The van der Waals surface area contributed by atoms with Crippen LogP contribution in [0.1, 0.15) is 22.3 Å². The molecule has 4 N–H and O–H groups in total. The van der Waals surface area contributed by atoms with Crippen LogP contribution in [0, 0.1) is 23.7 Å². The topological polar surface area (TPSA) is 185 Å². The Morgan fingerprint density at radius 2 is 1.92 bits per heavy atom. The zero-order valence-electron chi connectivity index (χ0n) is 21.1. The third-order valence-electron chi connectivity index (χ3n) is 8.46. The molecule has 200 valence electrons. The summed E-state index contributed by atoms with van der Waals surface area (Å²) in [5.41, 5.74) is 4.07. The van der Waals surface area contributed by atoms with Crippen LogP contribution >= 0.6 is 0 Å². The van der Waals surface area contributed by atoms with E-state index >= 15 is 0 Å². The first kappa shape index (κ1) is 25.0. The maximum atomic E-state index is 13.9. The number of aromatic nitrogens is 3. The van der Waals surface area contributed by atoms with Crippen molar-refractivity contribution in [3.63, 3.8) is 0 Å². The molecule has 3 aromatic rings. The van der Waals surface area contributed by atoms with Gasteiger partial charge in [0.1, 0.15) is 5.75 Å². The number of likely N-dealkylation sites (N-methyl/N-ethyl adjacent to an activating group) is 1. The highest BCUT2D eigenvalue weighted by Crippen LogP contribution is 2.51. The summed E-state index contributed by atoms with van der Waals surface area (Å²) in [4.78, 5) is 76.6. The van der Waals surface area contributed by atoms with Crippen molar-refractivity contribution in [2.24, 2.45) is 29.4 Å². The van der Waals surface area contributed by atoms with Crippen molar-refractivity contribution >= 4 is 34.8 Å². The van der Waals surface area contributed by atoms with Gasteiger partial charge in [0.25, 0.3) is 0 Å². The second-order valence-electron chi connectivity index (χ2n) is 10.7. The first-order valence-corrected chi connectivity index (χ1v) is 12.5. The Morgan fingerprint density at radius 1 is 1.18 bits per heavy atom. The van der Waals surface area contributed by atoms with Gasteiger partial charge < -0.3 is 15.9 Å². The van der Waals surface area contributed by atoms with Crippen LogP contribution in [0.25, 0.3) is 17.0 Å². The monoisotopic (exact) mass is 531 g/mol. The van der Waals surface area contributed by atoms with Crippen molar-refractivity contribution in [2.45, 2.75) is 24.5 Å². The molecule has 3 aliphatic carbocycles. The van der Waals surface area contributed by atoms with Crippen molar-refractivity contribution in [3.05, 3.63) is 47.9 Å². The van der Waals surface area contributed by atoms with Gasteiger partial charge in [-0.2, -0.15) is 0 Å². The number of carbonyl (C=O) groups is 5. The zero-order chi connectivity index (χ0) is 28.0. The number of primary amides is 1. The number of ketones is 4. The molecule has 0 saturated heterocycles. The molecule has 6 rings (SSSR count). The Bertz CT molecular complexity index is 1590. The number of fused-ring (bicyclic) bond motifs is 4. The van der Waals surface area contributed by atoms with Crippen LogP contribution in [0.4, 0.5) is 0 Å². The molecule has 6 atom stereocenters. The van der Waals surface area contributed by atoms with Gasteiger partial charge in [0.15, 0.2) is 34.7 Å². The first-order valence-electron chi connectivity index (χ1n) is 12.5. The molecule has 1 amide bonds. The van der Waals surface area contributed by atoms with Crippen LogP contribution in [0.2, 0.25) is 0 Å². The lowest BCUT2D eigenvalue weighted by Gasteiger charge is -2.52. The maximum absolute atomic E-state index is 13.9. The van der Waals surface area contributed by atoms with Gasteiger partial charge in [-0.05, 0) is 56.6 Å². The molecule has 2 saturated carbocycles. The number of Topliss-reactive ketones (excluding diaryl/α,β-unsaturated/α-hetero) is 4. The number of nitrogens with zero attached hydrogens (tertiary/aromatic N) is 4. The van der Waals surface area contributed by atoms with Crippen molar-refractivity contribution in [2.75, 3.05) is 14.1 Å². The Hall–Kier alpha value is -4.29. The van der Waals surface area contributed by atoms with E-state index in [2.05, 4.69) is 9.97 Å². The fourth-order valence-electron chi connectivity index (χ4n) is 6.80. The van der Waals surface area contributed by atoms with E-state index in [4.69, 9.17) is 5.73 Å². The van der Waals surface area contributed by atoms with Gasteiger partial charge in [0, 0.05) is 30.1 Å². The molecule has 2 unspecified atom stereocenters. The highest BCUT2D eigenvalue weighted by atomic mass is 16.3. The predicted octanol–water partition coefficient (Wildman–Crippen LogP) is -0.423. The first-order chi connectivity index (χ1) is 18.5. The minimum atomic E-state index is -2.75. The number of amides is 1. The predicted molar refractivity (Wildman–Crippen MR) is 133 cm³/mol. The summed E-state index contributed by atoms with van der Waals surface area (Å²) in [5, 5.41) is 22.4. The molecule has 0 aliphatic heterocycles. The average Bonchev–Trinajstić information content (AvgIpc) is 3.30. The van der Waals surface area contributed by atoms with E-state index in [1.165, 1.54) is 11.0 Å². The molecule has 2 fully saturated rings. The Kier molecular flexibility index (Phi) is 5.36. The fraction of sp³-hybridized carbons (Fsp3) is 0.370. The number of phenolic OH excluding ortho intramolecular Hbond substituents is 1. The summed E-state index contributed by atoms with van der Waals surface area (Å²) in [6, 6.07) is 3.56. The number of hydrogen-bond donors (Lipinski definition) is 3. The number of imidazole rings is 1. The summed E-state index contributed by atoms with van der Waals surface area (Å²) in [5.74, 6) is -10.4. The standard InChI is InChI=1S/C27H25N5O7/c1-31(2)20-14-9-11-8-13-12(15-10-32-7-3-6-29-26(32)30-15)4-5-16(33)18(13)21(34)17(11)23(36)27(14,39)24(37)19(22(20)35)25(28)38/h3-7,10-11,14,17,19-20,33,39H,8-9H2,1-2H3,(H2,28,38)/t11-,14-,17?,19?,20-,27-/m0/s1. The number of nitrogens with two attached hydrogens (primary N) is 1. The summed E-state index contributed by atoms with van der Waals surface area (Å²) in [6.45, 7) is 0. The second kappa shape index (κ2) is 8.35. The van der Waals surface area contributed by atoms with Gasteiger partial charge in [0.05, 0.1) is 23.2 Å². The quantitative estimate of drug-likeness (QED) is 0.375. The van der Waals surface area contributed by atoms with Crippen LogP contribution in [0.5, 0.6) is 5.75 Å². The Labute approximate surface area is 221 Å². The third-order valence-corrected chi connectivity index (χ3v) is 8.46. The zero-order valence-corrected chi connectivity index (χ0v) is 21.1. The van der Waals surface area contributed by atoms with E-state index in [9.17, 15) is 34.2 Å². The molecule has 39 heavy (non-hydrogen) atoms. The van der Waals surface area contributed by atoms with Gasteiger partial charge in [-0.25, -0.2) is 9.97 Å². The molecular formula is C27H25N5O7. The number of aromatic hydroxyl groups is 1. The minimum absolute atomic E-state index is 0.0221. The van der Waals surface area contributed by atoms with E-state index < -0.39 is 64.4 Å². The summed E-state index contributed by atoms with van der Waals surface area (Å²) >= 11 is 0.